The van der Waals surface area contributed by atoms with Gasteiger partial charge in [-0.2, -0.15) is 4.98 Å². The van der Waals surface area contributed by atoms with E-state index >= 15 is 0 Å². The highest BCUT2D eigenvalue weighted by molar-refractivity contribution is 6.30. The second-order valence-electron chi connectivity index (χ2n) is 6.39. The summed E-state index contributed by atoms with van der Waals surface area (Å²) in [5.41, 5.74) is 4.23. The summed E-state index contributed by atoms with van der Waals surface area (Å²) in [6.07, 6.45) is 2.95. The maximum Gasteiger partial charge on any atom is 0.224 e. The van der Waals surface area contributed by atoms with Crippen molar-refractivity contribution < 1.29 is 0 Å². The number of hydrogen-bond acceptors (Lipinski definition) is 4. The van der Waals surface area contributed by atoms with E-state index in [9.17, 15) is 0 Å². The molecule has 136 valence electrons. The molecule has 0 unspecified atom stereocenters. The number of nitrogens with one attached hydrogen (secondary N) is 3. The molecule has 0 saturated heterocycles. The summed E-state index contributed by atoms with van der Waals surface area (Å²) in [7, 11) is 0. The predicted molar refractivity (Wildman–Crippen MR) is 112 cm³/mol. The van der Waals surface area contributed by atoms with Crippen LogP contribution in [0.5, 0.6) is 0 Å². The van der Waals surface area contributed by atoms with Gasteiger partial charge in [-0.15, -0.1) is 0 Å². The Morgan fingerprint density at radius 3 is 2.81 bits per heavy atom. The van der Waals surface area contributed by atoms with Gasteiger partial charge in [-0.25, -0.2) is 4.98 Å². The smallest absolute Gasteiger partial charge is 0.224 e. The molecular formula is C21H20ClN5. The Hall–Kier alpha value is -3.05. The molecule has 0 aliphatic carbocycles. The molecule has 0 fully saturated rings. The highest BCUT2D eigenvalue weighted by Crippen LogP contribution is 2.21. The third-order valence-corrected chi connectivity index (χ3v) is 4.54. The number of halogens is 1. The van der Waals surface area contributed by atoms with E-state index in [2.05, 4.69) is 50.0 Å². The fourth-order valence-corrected chi connectivity index (χ4v) is 3.26. The summed E-state index contributed by atoms with van der Waals surface area (Å²) in [4.78, 5) is 12.3. The molecule has 4 aromatic rings. The number of para-hydroxylation sites is 1. The highest BCUT2D eigenvalue weighted by Gasteiger charge is 2.05. The Morgan fingerprint density at radius 1 is 1.04 bits per heavy atom. The Balaban J connectivity index is 1.43. The number of aromatic amines is 1. The first-order valence-corrected chi connectivity index (χ1v) is 9.22. The number of aryl methyl sites for hydroxylation is 1. The zero-order chi connectivity index (χ0) is 18.6. The van der Waals surface area contributed by atoms with Crippen LogP contribution < -0.4 is 10.6 Å². The minimum Gasteiger partial charge on any atom is -0.361 e. The van der Waals surface area contributed by atoms with Crippen molar-refractivity contribution in [1.29, 1.82) is 0 Å². The number of fused-ring (bicyclic) bond motifs is 1. The summed E-state index contributed by atoms with van der Waals surface area (Å²) in [5.74, 6) is 1.35. The second kappa shape index (κ2) is 7.68. The Bertz CT molecular complexity index is 1070. The maximum atomic E-state index is 6.04. The van der Waals surface area contributed by atoms with Crippen molar-refractivity contribution in [2.45, 2.75) is 13.3 Å². The summed E-state index contributed by atoms with van der Waals surface area (Å²) in [5, 5.41) is 8.54. The summed E-state index contributed by atoms with van der Waals surface area (Å²) in [6.45, 7) is 2.71. The number of nitrogens with zero attached hydrogens (tertiary/aromatic N) is 2. The SMILES string of the molecule is Cc1cc(Nc2cccc(Cl)c2)nc(NCCc2c[nH]c3ccccc23)n1. The van der Waals surface area contributed by atoms with Gasteiger partial charge in [0.15, 0.2) is 0 Å². The van der Waals surface area contributed by atoms with Gasteiger partial charge in [0.2, 0.25) is 5.95 Å². The van der Waals surface area contributed by atoms with Crippen molar-refractivity contribution in [3.8, 4) is 0 Å². The molecule has 5 nitrogen and oxygen atoms in total. The number of H-pyrrole nitrogens is 1. The minimum absolute atomic E-state index is 0.611. The lowest BCUT2D eigenvalue weighted by molar-refractivity contribution is 0.981. The van der Waals surface area contributed by atoms with Crippen LogP contribution in [0.25, 0.3) is 10.9 Å². The number of hydrogen-bond donors (Lipinski definition) is 3. The Labute approximate surface area is 162 Å². The Kier molecular flexibility index (Phi) is 4.94. The zero-order valence-corrected chi connectivity index (χ0v) is 15.7. The van der Waals surface area contributed by atoms with Crippen molar-refractivity contribution in [2.24, 2.45) is 0 Å². The van der Waals surface area contributed by atoms with Crippen LogP contribution in [0.3, 0.4) is 0 Å². The lowest BCUT2D eigenvalue weighted by Crippen LogP contribution is -2.09. The molecule has 0 bridgehead atoms. The first-order chi connectivity index (χ1) is 13.2. The van der Waals surface area contributed by atoms with Gasteiger partial charge in [0.25, 0.3) is 0 Å². The predicted octanol–water partition coefficient (Wildman–Crippen LogP) is 5.32. The van der Waals surface area contributed by atoms with Gasteiger partial charge in [0.05, 0.1) is 0 Å². The van der Waals surface area contributed by atoms with Gasteiger partial charge in [-0.05, 0) is 43.2 Å². The van der Waals surface area contributed by atoms with E-state index in [0.717, 1.165) is 35.7 Å². The first kappa shape index (κ1) is 17.4. The molecular weight excluding hydrogens is 358 g/mol. The van der Waals surface area contributed by atoms with Crippen LogP contribution in [0.15, 0.2) is 60.8 Å². The second-order valence-corrected chi connectivity index (χ2v) is 6.83. The van der Waals surface area contributed by atoms with Crippen molar-refractivity contribution in [3.63, 3.8) is 0 Å². The fraction of sp³-hybridized carbons (Fsp3) is 0.143. The quantitative estimate of drug-likeness (QED) is 0.425. The molecule has 0 saturated carbocycles. The van der Waals surface area contributed by atoms with Crippen LogP contribution in [0, 0.1) is 6.92 Å². The molecule has 27 heavy (non-hydrogen) atoms. The molecule has 0 spiro atoms. The Morgan fingerprint density at radius 2 is 1.93 bits per heavy atom. The van der Waals surface area contributed by atoms with Crippen LogP contribution in [0.1, 0.15) is 11.3 Å². The van der Waals surface area contributed by atoms with Crippen LogP contribution in [-0.2, 0) is 6.42 Å². The van der Waals surface area contributed by atoms with Crippen molar-refractivity contribution in [3.05, 3.63) is 77.1 Å². The number of aromatic nitrogens is 3. The van der Waals surface area contributed by atoms with E-state index in [1.807, 2.05) is 43.3 Å². The number of rotatable bonds is 6. The molecule has 0 aliphatic heterocycles. The van der Waals surface area contributed by atoms with Crippen molar-refractivity contribution in [1.82, 2.24) is 15.0 Å². The molecule has 0 amide bonds. The van der Waals surface area contributed by atoms with Crippen LogP contribution in [0.4, 0.5) is 17.5 Å². The van der Waals surface area contributed by atoms with E-state index < -0.39 is 0 Å². The van der Waals surface area contributed by atoms with E-state index in [1.54, 1.807) is 0 Å². The molecule has 0 atom stereocenters. The van der Waals surface area contributed by atoms with Gasteiger partial charge in [0, 0.05) is 46.1 Å². The monoisotopic (exact) mass is 377 g/mol. The fourth-order valence-electron chi connectivity index (χ4n) is 3.07. The van der Waals surface area contributed by atoms with Gasteiger partial charge < -0.3 is 15.6 Å². The van der Waals surface area contributed by atoms with Gasteiger partial charge in [0.1, 0.15) is 5.82 Å². The summed E-state index contributed by atoms with van der Waals surface area (Å²) >= 11 is 6.04. The normalized spacial score (nSPS) is 10.9. The topological polar surface area (TPSA) is 65.6 Å². The molecule has 2 heterocycles. The van der Waals surface area contributed by atoms with Crippen molar-refractivity contribution >= 4 is 40.0 Å². The standard InChI is InChI=1S/C21H20ClN5/c1-14-11-20(26-17-6-4-5-16(22)12-17)27-21(25-14)23-10-9-15-13-24-19-8-3-2-7-18(15)19/h2-8,11-13,24H,9-10H2,1H3,(H2,23,25,26,27). The average Bonchev–Trinajstić information content (AvgIpc) is 3.05. The lowest BCUT2D eigenvalue weighted by Gasteiger charge is -2.10. The zero-order valence-electron chi connectivity index (χ0n) is 15.0. The van der Waals surface area contributed by atoms with E-state index in [4.69, 9.17) is 11.6 Å². The largest absolute Gasteiger partial charge is 0.361 e. The first-order valence-electron chi connectivity index (χ1n) is 8.84. The van der Waals surface area contributed by atoms with Gasteiger partial charge >= 0.3 is 0 Å². The van der Waals surface area contributed by atoms with Crippen LogP contribution in [0.2, 0.25) is 5.02 Å². The van der Waals surface area contributed by atoms with Crippen LogP contribution in [-0.4, -0.2) is 21.5 Å². The van der Waals surface area contributed by atoms with Gasteiger partial charge in [-0.3, -0.25) is 0 Å². The van der Waals surface area contributed by atoms with E-state index in [1.165, 1.54) is 10.9 Å². The van der Waals surface area contributed by atoms with Gasteiger partial charge in [-0.1, -0.05) is 35.9 Å². The number of benzene rings is 2. The summed E-state index contributed by atoms with van der Waals surface area (Å²) < 4.78 is 0. The molecule has 2 aromatic carbocycles. The molecule has 3 N–H and O–H groups in total. The van der Waals surface area contributed by atoms with Crippen LogP contribution >= 0.6 is 11.6 Å². The summed E-state index contributed by atoms with van der Waals surface area (Å²) in [6, 6.07) is 17.8. The lowest BCUT2D eigenvalue weighted by atomic mass is 10.1. The third-order valence-electron chi connectivity index (χ3n) is 4.30. The molecule has 4 rings (SSSR count). The van der Waals surface area contributed by atoms with E-state index in [0.29, 0.717) is 11.0 Å². The molecule has 6 heteroatoms. The number of anilines is 3. The highest BCUT2D eigenvalue weighted by atomic mass is 35.5. The average molecular weight is 378 g/mol. The van der Waals surface area contributed by atoms with Crippen molar-refractivity contribution in [2.75, 3.05) is 17.2 Å². The minimum atomic E-state index is 0.611. The molecule has 2 aromatic heterocycles. The van der Waals surface area contributed by atoms with E-state index in [-0.39, 0.29) is 0 Å². The molecule has 0 aliphatic rings. The maximum absolute atomic E-state index is 6.04. The molecule has 0 radical (unpaired) electrons. The third kappa shape index (κ3) is 4.20.